The largest absolute Gasteiger partial charge is 0.279 e. The van der Waals surface area contributed by atoms with Gasteiger partial charge in [-0.25, -0.2) is 8.42 Å². The molecule has 0 aliphatic heterocycles. The number of pyridine rings is 1. The van der Waals surface area contributed by atoms with Crippen LogP contribution in [-0.4, -0.2) is 24.5 Å². The van der Waals surface area contributed by atoms with Crippen molar-refractivity contribution in [1.82, 2.24) is 4.98 Å². The average Bonchev–Trinajstić information content (AvgIpc) is 2.71. The van der Waals surface area contributed by atoms with E-state index in [1.807, 2.05) is 19.1 Å². The van der Waals surface area contributed by atoms with Gasteiger partial charge in [-0.2, -0.15) is 5.10 Å². The van der Waals surface area contributed by atoms with Gasteiger partial charge in [0.25, 0.3) is 15.7 Å². The lowest BCUT2D eigenvalue weighted by Gasteiger charge is -2.16. The standard InChI is InChI=1S/C21H21N5O4S/c1-14-10-15(2)21(16(3)11-14)25-31(29,30)20-12-18(26(27)28)4-5-19(20)24-23-13-17-6-8-22-9-7-17/h4-13,24-25H,1-3H3. The highest BCUT2D eigenvalue weighted by Gasteiger charge is 2.24. The number of non-ortho nitro benzene ring substituents is 1. The van der Waals surface area contributed by atoms with Crippen molar-refractivity contribution in [2.24, 2.45) is 5.10 Å². The molecule has 9 nitrogen and oxygen atoms in total. The number of hydrogen-bond donors (Lipinski definition) is 2. The molecule has 0 saturated carbocycles. The third kappa shape index (κ3) is 5.23. The normalized spacial score (nSPS) is 11.5. The lowest BCUT2D eigenvalue weighted by atomic mass is 10.1. The van der Waals surface area contributed by atoms with Gasteiger partial charge >= 0.3 is 0 Å². The molecule has 0 atom stereocenters. The fourth-order valence-electron chi connectivity index (χ4n) is 3.10. The summed E-state index contributed by atoms with van der Waals surface area (Å²) in [6.07, 6.45) is 4.68. The van der Waals surface area contributed by atoms with Crippen LogP contribution < -0.4 is 10.1 Å². The van der Waals surface area contributed by atoms with Crippen molar-refractivity contribution < 1.29 is 13.3 Å². The minimum atomic E-state index is -4.15. The summed E-state index contributed by atoms with van der Waals surface area (Å²) in [7, 11) is -4.15. The third-order valence-electron chi connectivity index (χ3n) is 4.48. The fraction of sp³-hybridized carbons (Fsp3) is 0.143. The Morgan fingerprint density at radius 3 is 2.29 bits per heavy atom. The zero-order chi connectivity index (χ0) is 22.6. The average molecular weight is 439 g/mol. The molecule has 2 N–H and O–H groups in total. The molecule has 0 unspecified atom stereocenters. The summed E-state index contributed by atoms with van der Waals surface area (Å²) in [5, 5.41) is 15.3. The van der Waals surface area contributed by atoms with Crippen molar-refractivity contribution >= 4 is 33.3 Å². The Bertz CT molecular complexity index is 1240. The van der Waals surface area contributed by atoms with Crippen LogP contribution in [0, 0.1) is 30.9 Å². The number of aromatic nitrogens is 1. The molecule has 0 bridgehead atoms. The second kappa shape index (κ2) is 8.92. The molecule has 0 amide bonds. The SMILES string of the molecule is Cc1cc(C)c(NS(=O)(=O)c2cc([N+](=O)[O-])ccc2NN=Cc2ccncc2)c(C)c1. The lowest BCUT2D eigenvalue weighted by molar-refractivity contribution is -0.385. The van der Waals surface area contributed by atoms with Crippen LogP contribution in [0.25, 0.3) is 0 Å². The topological polar surface area (TPSA) is 127 Å². The number of nitrogens with zero attached hydrogens (tertiary/aromatic N) is 3. The second-order valence-corrected chi connectivity index (χ2v) is 8.62. The first-order valence-corrected chi connectivity index (χ1v) is 10.7. The van der Waals surface area contributed by atoms with Crippen molar-refractivity contribution in [3.63, 3.8) is 0 Å². The highest BCUT2D eigenvalue weighted by Crippen LogP contribution is 2.30. The molecule has 160 valence electrons. The predicted octanol–water partition coefficient (Wildman–Crippen LogP) is 4.16. The van der Waals surface area contributed by atoms with Gasteiger partial charge in [-0.05, 0) is 55.7 Å². The van der Waals surface area contributed by atoms with Gasteiger partial charge in [0.2, 0.25) is 0 Å². The molecule has 10 heteroatoms. The first kappa shape index (κ1) is 21.9. The van der Waals surface area contributed by atoms with Crippen LogP contribution in [0.2, 0.25) is 0 Å². The number of aryl methyl sites for hydroxylation is 3. The summed E-state index contributed by atoms with van der Waals surface area (Å²) in [5.41, 5.74) is 6.10. The number of anilines is 2. The molecule has 0 spiro atoms. The van der Waals surface area contributed by atoms with Crippen LogP contribution >= 0.6 is 0 Å². The lowest BCUT2D eigenvalue weighted by Crippen LogP contribution is -2.16. The maximum absolute atomic E-state index is 13.2. The number of benzene rings is 2. The molecular weight excluding hydrogens is 418 g/mol. The highest BCUT2D eigenvalue weighted by atomic mass is 32.2. The van der Waals surface area contributed by atoms with Gasteiger partial charge in [0.15, 0.2) is 0 Å². The van der Waals surface area contributed by atoms with E-state index >= 15 is 0 Å². The van der Waals surface area contributed by atoms with Crippen molar-refractivity contribution in [3.8, 4) is 0 Å². The number of hydrogen-bond acceptors (Lipinski definition) is 7. The maximum atomic E-state index is 13.2. The monoisotopic (exact) mass is 439 g/mol. The Hall–Kier alpha value is -3.79. The zero-order valence-electron chi connectivity index (χ0n) is 17.2. The minimum absolute atomic E-state index is 0.103. The van der Waals surface area contributed by atoms with E-state index < -0.39 is 14.9 Å². The number of sulfonamides is 1. The number of nitro benzene ring substituents is 1. The summed E-state index contributed by atoms with van der Waals surface area (Å²) in [5.74, 6) is 0. The smallest absolute Gasteiger partial charge is 0.270 e. The Morgan fingerprint density at radius 1 is 1.03 bits per heavy atom. The molecule has 0 saturated heterocycles. The van der Waals surface area contributed by atoms with E-state index in [2.05, 4.69) is 20.2 Å². The van der Waals surface area contributed by atoms with E-state index in [1.165, 1.54) is 18.3 Å². The van der Waals surface area contributed by atoms with Gasteiger partial charge in [-0.3, -0.25) is 25.2 Å². The third-order valence-corrected chi connectivity index (χ3v) is 5.87. The Morgan fingerprint density at radius 2 is 1.68 bits per heavy atom. The molecule has 1 aromatic heterocycles. The summed E-state index contributed by atoms with van der Waals surface area (Å²) in [6.45, 7) is 5.51. The molecule has 0 fully saturated rings. The van der Waals surface area contributed by atoms with Crippen molar-refractivity contribution in [3.05, 3.63) is 87.2 Å². The van der Waals surface area contributed by atoms with Crippen molar-refractivity contribution in [1.29, 1.82) is 0 Å². The van der Waals surface area contributed by atoms with Crippen LogP contribution in [0.15, 0.2) is 64.9 Å². The highest BCUT2D eigenvalue weighted by molar-refractivity contribution is 7.93. The van der Waals surface area contributed by atoms with Gasteiger partial charge in [0.05, 0.1) is 22.5 Å². The molecule has 2 aromatic carbocycles. The molecule has 1 heterocycles. The fourth-order valence-corrected chi connectivity index (χ4v) is 4.48. The Kier molecular flexibility index (Phi) is 6.30. The molecule has 0 radical (unpaired) electrons. The van der Waals surface area contributed by atoms with Crippen LogP contribution in [-0.2, 0) is 10.0 Å². The quantitative estimate of drug-likeness (QED) is 0.323. The van der Waals surface area contributed by atoms with Crippen LogP contribution in [0.3, 0.4) is 0 Å². The van der Waals surface area contributed by atoms with Crippen LogP contribution in [0.4, 0.5) is 17.1 Å². The summed E-state index contributed by atoms with van der Waals surface area (Å²) >= 11 is 0. The minimum Gasteiger partial charge on any atom is -0.279 e. The second-order valence-electron chi connectivity index (χ2n) is 6.97. The van der Waals surface area contributed by atoms with Crippen LogP contribution in [0.1, 0.15) is 22.3 Å². The van der Waals surface area contributed by atoms with E-state index in [-0.39, 0.29) is 16.3 Å². The first-order chi connectivity index (χ1) is 14.7. The summed E-state index contributed by atoms with van der Waals surface area (Å²) in [4.78, 5) is 14.2. The molecule has 3 rings (SSSR count). The van der Waals surface area contributed by atoms with E-state index in [4.69, 9.17) is 0 Å². The summed E-state index contributed by atoms with van der Waals surface area (Å²) in [6, 6.07) is 10.7. The number of rotatable bonds is 7. The number of nitrogens with one attached hydrogen (secondary N) is 2. The summed E-state index contributed by atoms with van der Waals surface area (Å²) < 4.78 is 28.9. The van der Waals surface area contributed by atoms with Gasteiger partial charge in [0.1, 0.15) is 4.90 Å². The Balaban J connectivity index is 2.00. The van der Waals surface area contributed by atoms with Crippen LogP contribution in [0.5, 0.6) is 0 Å². The van der Waals surface area contributed by atoms with Gasteiger partial charge in [0, 0.05) is 24.5 Å². The van der Waals surface area contributed by atoms with Crippen molar-refractivity contribution in [2.75, 3.05) is 10.1 Å². The van der Waals surface area contributed by atoms with E-state index in [0.29, 0.717) is 5.69 Å². The molecule has 0 aliphatic carbocycles. The molecule has 3 aromatic rings. The number of nitro groups is 1. The molecule has 0 aliphatic rings. The Labute approximate surface area is 180 Å². The first-order valence-electron chi connectivity index (χ1n) is 9.25. The van der Waals surface area contributed by atoms with Gasteiger partial charge < -0.3 is 0 Å². The van der Waals surface area contributed by atoms with E-state index in [0.717, 1.165) is 28.3 Å². The maximum Gasteiger partial charge on any atom is 0.270 e. The predicted molar refractivity (Wildman–Crippen MR) is 120 cm³/mol. The van der Waals surface area contributed by atoms with Crippen molar-refractivity contribution in [2.45, 2.75) is 25.7 Å². The van der Waals surface area contributed by atoms with Gasteiger partial charge in [-0.1, -0.05) is 17.7 Å². The van der Waals surface area contributed by atoms with E-state index in [1.54, 1.807) is 38.4 Å². The van der Waals surface area contributed by atoms with E-state index in [9.17, 15) is 18.5 Å². The number of hydrazone groups is 1. The molecular formula is C21H21N5O4S. The zero-order valence-corrected chi connectivity index (χ0v) is 18.0. The van der Waals surface area contributed by atoms with Gasteiger partial charge in [-0.15, -0.1) is 0 Å². The molecule has 31 heavy (non-hydrogen) atoms.